The van der Waals surface area contributed by atoms with Gasteiger partial charge in [-0.2, -0.15) is 0 Å². The van der Waals surface area contributed by atoms with Gasteiger partial charge in [-0.1, -0.05) is 58.0 Å². The highest BCUT2D eigenvalue weighted by molar-refractivity contribution is 5.22. The van der Waals surface area contributed by atoms with Crippen LogP contribution in [0.25, 0.3) is 0 Å². The van der Waals surface area contributed by atoms with Crippen molar-refractivity contribution < 1.29 is 18.9 Å². The van der Waals surface area contributed by atoms with Crippen LogP contribution in [0, 0.1) is 5.92 Å². The Hall–Kier alpha value is -3.06. The van der Waals surface area contributed by atoms with Crippen molar-refractivity contribution in [1.82, 2.24) is 29.7 Å². The van der Waals surface area contributed by atoms with E-state index in [1.807, 2.05) is 55.2 Å². The summed E-state index contributed by atoms with van der Waals surface area (Å²) in [6.07, 6.45) is 1.37. The normalized spacial score (nSPS) is 15.7. The summed E-state index contributed by atoms with van der Waals surface area (Å²) in [5.41, 5.74) is 8.25. The number of aromatic nitrogens is 6. The lowest BCUT2D eigenvalue weighted by Gasteiger charge is -2.26. The molecule has 6 atom stereocenters. The van der Waals surface area contributed by atoms with Crippen molar-refractivity contribution >= 4 is 0 Å². The highest BCUT2D eigenvalue weighted by Gasteiger charge is 2.25. The maximum atomic E-state index is 5.42. The Bertz CT molecular complexity index is 1130. The maximum Gasteiger partial charge on any atom is 0.180 e. The van der Waals surface area contributed by atoms with Crippen LogP contribution in [0.5, 0.6) is 0 Å². The molecule has 3 aromatic rings. The van der Waals surface area contributed by atoms with Crippen LogP contribution in [0.3, 0.4) is 0 Å². The van der Waals surface area contributed by atoms with Gasteiger partial charge >= 0.3 is 0 Å². The first-order valence-electron chi connectivity index (χ1n) is 15.2. The van der Waals surface area contributed by atoms with E-state index < -0.39 is 0 Å². The average molecular weight is 603 g/mol. The van der Waals surface area contributed by atoms with Crippen LogP contribution in [0.2, 0.25) is 0 Å². The Balaban J connectivity index is 0.000000304. The van der Waals surface area contributed by atoms with Crippen LogP contribution in [-0.4, -0.2) is 64.2 Å². The predicted molar refractivity (Wildman–Crippen MR) is 169 cm³/mol. The van der Waals surface area contributed by atoms with Crippen molar-refractivity contribution in [3.63, 3.8) is 0 Å². The van der Waals surface area contributed by atoms with Gasteiger partial charge in [0.2, 0.25) is 0 Å². The van der Waals surface area contributed by atoms with Gasteiger partial charge in [-0.15, -0.1) is 20.4 Å². The molecule has 3 rings (SSSR count). The molecular weight excluding hydrogens is 548 g/mol. The molecule has 0 fully saturated rings. The molecular formula is C31H54N8O4. The van der Waals surface area contributed by atoms with E-state index in [0.717, 1.165) is 36.1 Å². The van der Waals surface area contributed by atoms with E-state index in [0.29, 0.717) is 12.0 Å². The average Bonchev–Trinajstić information content (AvgIpc) is 3.65. The fourth-order valence-electron chi connectivity index (χ4n) is 4.48. The number of methoxy groups -OCH3 is 4. The molecule has 2 aromatic heterocycles. The zero-order valence-corrected chi connectivity index (χ0v) is 28.2. The number of hydrogen-bond acceptors (Lipinski definition) is 10. The van der Waals surface area contributed by atoms with E-state index >= 15 is 0 Å². The van der Waals surface area contributed by atoms with Crippen LogP contribution in [0.4, 0.5) is 0 Å². The fourth-order valence-corrected chi connectivity index (χ4v) is 4.48. The Labute approximate surface area is 257 Å². The number of nitrogens with zero attached hydrogens (tertiary/aromatic N) is 6. The summed E-state index contributed by atoms with van der Waals surface area (Å²) >= 11 is 0. The van der Waals surface area contributed by atoms with E-state index in [9.17, 15) is 0 Å². The van der Waals surface area contributed by atoms with Crippen molar-refractivity contribution in [2.45, 2.75) is 105 Å². The van der Waals surface area contributed by atoms with Gasteiger partial charge in [0.05, 0.1) is 6.04 Å². The second-order valence-corrected chi connectivity index (χ2v) is 10.9. The van der Waals surface area contributed by atoms with Crippen LogP contribution in [0.1, 0.15) is 128 Å². The molecule has 0 bridgehead atoms. The third-order valence-corrected chi connectivity index (χ3v) is 7.73. The highest BCUT2D eigenvalue weighted by Crippen LogP contribution is 2.24. The standard InChI is InChI=1S/C17H26N4O2.C14H28N4O2/c1-6-15(14-10-8-7-9-11-14)20-21-16(12(2)22-4)18-19-17(21)13(3)23-5;1-8-12(9(2)3)17-18-13(10(4)19-6)15-16-14(18)11(5)20-7/h7-13,15,20H,6H2,1-5H3;9-12,17H,8H2,1-7H3/t12-,13-,15?;10-,11-,12?/m00/s1. The lowest BCUT2D eigenvalue weighted by Crippen LogP contribution is -2.35. The molecule has 0 aliphatic rings. The second kappa shape index (κ2) is 17.9. The summed E-state index contributed by atoms with van der Waals surface area (Å²) in [4.78, 5) is 0. The Morgan fingerprint density at radius 3 is 1.26 bits per heavy atom. The van der Waals surface area contributed by atoms with Crippen LogP contribution < -0.4 is 10.9 Å². The van der Waals surface area contributed by atoms with Crippen molar-refractivity contribution in [2.24, 2.45) is 5.92 Å². The smallest absolute Gasteiger partial charge is 0.180 e. The molecule has 0 saturated carbocycles. The first-order valence-corrected chi connectivity index (χ1v) is 15.2. The molecule has 12 heteroatoms. The third kappa shape index (κ3) is 9.46. The molecule has 0 spiro atoms. The van der Waals surface area contributed by atoms with Gasteiger partial charge in [0.1, 0.15) is 24.4 Å². The molecule has 12 nitrogen and oxygen atoms in total. The summed E-state index contributed by atoms with van der Waals surface area (Å²) in [6, 6.07) is 10.8. The van der Waals surface area contributed by atoms with Gasteiger partial charge in [0.15, 0.2) is 23.3 Å². The molecule has 0 amide bonds. The van der Waals surface area contributed by atoms with Gasteiger partial charge in [-0.25, -0.2) is 9.35 Å². The summed E-state index contributed by atoms with van der Waals surface area (Å²) in [5.74, 6) is 3.52. The molecule has 0 radical (unpaired) electrons. The Morgan fingerprint density at radius 2 is 0.953 bits per heavy atom. The summed E-state index contributed by atoms with van der Waals surface area (Å²) in [6.45, 7) is 16.5. The molecule has 2 unspecified atom stereocenters. The molecule has 43 heavy (non-hydrogen) atoms. The molecule has 0 saturated heterocycles. The lowest BCUT2D eigenvalue weighted by atomic mass is 10.0. The second-order valence-electron chi connectivity index (χ2n) is 10.9. The van der Waals surface area contributed by atoms with E-state index in [1.165, 1.54) is 5.56 Å². The minimum Gasteiger partial charge on any atom is -0.374 e. The first-order chi connectivity index (χ1) is 20.6. The fraction of sp³-hybridized carbons (Fsp3) is 0.677. The number of nitrogens with one attached hydrogen (secondary N) is 2. The lowest BCUT2D eigenvalue weighted by molar-refractivity contribution is 0.101. The maximum absolute atomic E-state index is 5.42. The van der Waals surface area contributed by atoms with E-state index in [2.05, 4.69) is 71.1 Å². The van der Waals surface area contributed by atoms with E-state index in [-0.39, 0.29) is 30.5 Å². The van der Waals surface area contributed by atoms with E-state index in [1.54, 1.807) is 28.4 Å². The van der Waals surface area contributed by atoms with Gasteiger partial charge < -0.3 is 29.8 Å². The number of rotatable bonds is 16. The van der Waals surface area contributed by atoms with Gasteiger partial charge in [-0.3, -0.25) is 0 Å². The number of benzene rings is 1. The van der Waals surface area contributed by atoms with Gasteiger partial charge in [0, 0.05) is 34.5 Å². The van der Waals surface area contributed by atoms with Crippen molar-refractivity contribution in [2.75, 3.05) is 39.3 Å². The largest absolute Gasteiger partial charge is 0.374 e. The van der Waals surface area contributed by atoms with Gasteiger partial charge in [-0.05, 0) is 52.0 Å². The van der Waals surface area contributed by atoms with Crippen LogP contribution >= 0.6 is 0 Å². The predicted octanol–water partition coefficient (Wildman–Crippen LogP) is 6.06. The Morgan fingerprint density at radius 1 is 0.581 bits per heavy atom. The molecule has 242 valence electrons. The zero-order chi connectivity index (χ0) is 32.1. The first kappa shape index (κ1) is 36.1. The third-order valence-electron chi connectivity index (χ3n) is 7.73. The van der Waals surface area contributed by atoms with Crippen molar-refractivity contribution in [3.05, 3.63) is 59.2 Å². The monoisotopic (exact) mass is 602 g/mol. The quantitative estimate of drug-likeness (QED) is 0.200. The molecule has 0 aliphatic carbocycles. The molecule has 0 aliphatic heterocycles. The minimum atomic E-state index is -0.166. The van der Waals surface area contributed by atoms with Crippen molar-refractivity contribution in [1.29, 1.82) is 0 Å². The minimum absolute atomic E-state index is 0.127. The number of ether oxygens (including phenoxy) is 4. The summed E-state index contributed by atoms with van der Waals surface area (Å²) in [5, 5.41) is 17.1. The van der Waals surface area contributed by atoms with Crippen LogP contribution in [0.15, 0.2) is 30.3 Å². The van der Waals surface area contributed by atoms with Crippen molar-refractivity contribution in [3.8, 4) is 0 Å². The summed E-state index contributed by atoms with van der Waals surface area (Å²) < 4.78 is 25.4. The summed E-state index contributed by atoms with van der Waals surface area (Å²) in [7, 11) is 6.67. The number of hydrogen-bond donors (Lipinski definition) is 2. The highest BCUT2D eigenvalue weighted by atomic mass is 16.5. The topological polar surface area (TPSA) is 122 Å². The zero-order valence-electron chi connectivity index (χ0n) is 28.2. The molecule has 2 N–H and O–H groups in total. The molecule has 1 aromatic carbocycles. The SMILES string of the molecule is CCC(Nn1c([C@H](C)OC)nnc1[C@H](C)OC)C(C)C.CCC(Nn1c([C@H](C)OC)nnc1[C@H](C)OC)c1ccccc1. The molecule has 2 heterocycles. The Kier molecular flexibility index (Phi) is 15.1. The van der Waals surface area contributed by atoms with E-state index in [4.69, 9.17) is 18.9 Å². The van der Waals surface area contributed by atoms with Crippen LogP contribution in [-0.2, 0) is 18.9 Å². The van der Waals surface area contributed by atoms with Gasteiger partial charge in [0.25, 0.3) is 0 Å².